The molecule has 0 aromatic carbocycles. The minimum Gasteiger partial charge on any atom is -0.466 e. The average Bonchev–Trinajstić information content (AvgIpc) is 2.98. The van der Waals surface area contributed by atoms with Gasteiger partial charge in [0.05, 0.1) is 12.5 Å². The van der Waals surface area contributed by atoms with Gasteiger partial charge in [-0.2, -0.15) is 0 Å². The Morgan fingerprint density at radius 1 is 1.50 bits per heavy atom. The lowest BCUT2D eigenvalue weighted by atomic mass is 9.86. The van der Waals surface area contributed by atoms with E-state index >= 15 is 0 Å². The second-order valence-electron chi connectivity index (χ2n) is 4.10. The van der Waals surface area contributed by atoms with Crippen molar-refractivity contribution >= 4 is 13.2 Å². The lowest BCUT2D eigenvalue weighted by Gasteiger charge is -1.99. The molecule has 2 saturated carbocycles. The van der Waals surface area contributed by atoms with Gasteiger partial charge in [-0.15, -0.1) is 0 Å². The lowest BCUT2D eigenvalue weighted by molar-refractivity contribution is -0.145. The molecule has 0 spiro atoms. The molecule has 78 valence electrons. The first kappa shape index (κ1) is 9.93. The van der Waals surface area contributed by atoms with Crippen LogP contribution in [-0.4, -0.2) is 19.8 Å². The molecule has 14 heavy (non-hydrogen) atoms. The maximum absolute atomic E-state index is 12.5. The van der Waals surface area contributed by atoms with E-state index in [1.54, 1.807) is 6.92 Å². The number of ether oxygens (including phenoxy) is 1. The van der Waals surface area contributed by atoms with Gasteiger partial charge in [0, 0.05) is 5.82 Å². The Hall–Kier alpha value is -0.605. The van der Waals surface area contributed by atoms with Gasteiger partial charge in [0.25, 0.3) is 0 Å². The zero-order chi connectivity index (χ0) is 10.3. The summed E-state index contributed by atoms with van der Waals surface area (Å²) in [5.41, 5.74) is 0. The number of hydrogen-bond donors (Lipinski definition) is 0. The number of rotatable bonds is 4. The van der Waals surface area contributed by atoms with Crippen molar-refractivity contribution in [2.75, 3.05) is 6.61 Å². The third-order valence-corrected chi connectivity index (χ3v) is 3.15. The molecule has 0 aromatic rings. The maximum Gasteiger partial charge on any atom is 0.542 e. The summed E-state index contributed by atoms with van der Waals surface area (Å²) in [7, 11) is -2.37. The molecule has 0 amide bonds. The topological polar surface area (TPSA) is 26.3 Å². The first-order valence-electron chi connectivity index (χ1n) is 5.11. The van der Waals surface area contributed by atoms with Crippen LogP contribution < -0.4 is 0 Å². The highest BCUT2D eigenvalue weighted by Gasteiger charge is 2.66. The van der Waals surface area contributed by atoms with Crippen molar-refractivity contribution in [3.05, 3.63) is 0 Å². The summed E-state index contributed by atoms with van der Waals surface area (Å²) >= 11 is 0. The van der Waals surface area contributed by atoms with E-state index in [4.69, 9.17) is 4.74 Å². The van der Waals surface area contributed by atoms with E-state index in [-0.39, 0.29) is 12.5 Å². The van der Waals surface area contributed by atoms with E-state index in [0.29, 0.717) is 5.92 Å². The smallest absolute Gasteiger partial charge is 0.466 e. The zero-order valence-electron chi connectivity index (χ0n) is 8.08. The molecule has 2 aliphatic carbocycles. The van der Waals surface area contributed by atoms with Gasteiger partial charge in [0.2, 0.25) is 0 Å². The SMILES string of the molecule is CCOC(=O)[C@@H]1C(C2CC2)[C@@H]1B(F)F. The van der Waals surface area contributed by atoms with Gasteiger partial charge in [-0.1, -0.05) is 0 Å². The zero-order valence-corrected chi connectivity index (χ0v) is 8.08. The van der Waals surface area contributed by atoms with Gasteiger partial charge in [-0.3, -0.25) is 13.4 Å². The van der Waals surface area contributed by atoms with Crippen molar-refractivity contribution < 1.29 is 18.2 Å². The monoisotopic (exact) mass is 202 g/mol. The Labute approximate surface area is 82.2 Å². The van der Waals surface area contributed by atoms with Crippen LogP contribution >= 0.6 is 0 Å². The quantitative estimate of drug-likeness (QED) is 0.514. The van der Waals surface area contributed by atoms with Crippen LogP contribution in [0.3, 0.4) is 0 Å². The van der Waals surface area contributed by atoms with Gasteiger partial charge < -0.3 is 4.74 Å². The summed E-state index contributed by atoms with van der Waals surface area (Å²) < 4.78 is 29.8. The highest BCUT2D eigenvalue weighted by atomic mass is 19.2. The second-order valence-corrected chi connectivity index (χ2v) is 4.10. The molecule has 2 aliphatic rings. The molecule has 0 bridgehead atoms. The van der Waals surface area contributed by atoms with Crippen molar-refractivity contribution in [2.24, 2.45) is 17.8 Å². The minimum absolute atomic E-state index is 0.0888. The molecule has 2 rings (SSSR count). The van der Waals surface area contributed by atoms with Crippen LogP contribution in [0.25, 0.3) is 0 Å². The summed E-state index contributed by atoms with van der Waals surface area (Å²) in [6.45, 7) is 1.98. The van der Waals surface area contributed by atoms with Gasteiger partial charge in [-0.05, 0) is 31.6 Å². The third kappa shape index (κ3) is 1.64. The minimum atomic E-state index is -2.37. The van der Waals surface area contributed by atoms with Crippen LogP contribution in [-0.2, 0) is 9.53 Å². The Morgan fingerprint density at radius 3 is 2.57 bits per heavy atom. The second kappa shape index (κ2) is 3.52. The fourth-order valence-electron chi connectivity index (χ4n) is 2.33. The lowest BCUT2D eigenvalue weighted by Crippen LogP contribution is -2.10. The standard InChI is InChI=1S/C9H13BF2O2/c1-2-14-9(13)7-6(5-3-4-5)8(7)10(11)12/h5-8H,2-4H2,1H3/t6?,7-,8+/m1/s1. The molecule has 0 aliphatic heterocycles. The fourth-order valence-corrected chi connectivity index (χ4v) is 2.33. The molecule has 5 heteroatoms. The normalized spacial score (nSPS) is 35.2. The molecule has 0 N–H and O–H groups in total. The highest BCUT2D eigenvalue weighted by Crippen LogP contribution is 2.64. The fraction of sp³-hybridized carbons (Fsp3) is 0.889. The molecule has 2 nitrogen and oxygen atoms in total. The predicted octanol–water partition coefficient (Wildman–Crippen LogP) is 2.00. The number of halogens is 2. The number of hydrogen-bond acceptors (Lipinski definition) is 2. The van der Waals surface area contributed by atoms with E-state index in [0.717, 1.165) is 12.8 Å². The Morgan fingerprint density at radius 2 is 2.14 bits per heavy atom. The van der Waals surface area contributed by atoms with Crippen LogP contribution in [0.4, 0.5) is 8.63 Å². The van der Waals surface area contributed by atoms with E-state index in [1.807, 2.05) is 0 Å². The Kier molecular flexibility index (Phi) is 2.49. The molecule has 0 radical (unpaired) electrons. The van der Waals surface area contributed by atoms with Crippen molar-refractivity contribution in [3.63, 3.8) is 0 Å². The average molecular weight is 202 g/mol. The van der Waals surface area contributed by atoms with E-state index < -0.39 is 25.0 Å². The van der Waals surface area contributed by atoms with E-state index in [9.17, 15) is 13.4 Å². The first-order valence-corrected chi connectivity index (χ1v) is 5.11. The maximum atomic E-state index is 12.5. The Bertz CT molecular complexity index is 235. The number of carbonyl (C=O) groups is 1. The third-order valence-electron chi connectivity index (χ3n) is 3.15. The van der Waals surface area contributed by atoms with Gasteiger partial charge >= 0.3 is 13.2 Å². The molecular weight excluding hydrogens is 189 g/mol. The molecular formula is C9H13BF2O2. The van der Waals surface area contributed by atoms with Crippen LogP contribution in [0.15, 0.2) is 0 Å². The summed E-state index contributed by atoms with van der Waals surface area (Å²) in [6.07, 6.45) is 2.01. The summed E-state index contributed by atoms with van der Waals surface area (Å²) in [6, 6.07) is 0. The Balaban J connectivity index is 1.94. The molecule has 1 unspecified atom stereocenters. The number of carbonyl (C=O) groups excluding carboxylic acids is 1. The molecule has 0 heterocycles. The predicted molar refractivity (Wildman–Crippen MR) is 48.1 cm³/mol. The molecule has 3 atom stereocenters. The molecule has 0 saturated heterocycles. The van der Waals surface area contributed by atoms with Gasteiger partial charge in [-0.25, -0.2) is 0 Å². The van der Waals surface area contributed by atoms with Gasteiger partial charge in [0.1, 0.15) is 0 Å². The van der Waals surface area contributed by atoms with Crippen molar-refractivity contribution in [3.8, 4) is 0 Å². The number of esters is 1. The van der Waals surface area contributed by atoms with Crippen LogP contribution in [0.5, 0.6) is 0 Å². The van der Waals surface area contributed by atoms with Crippen molar-refractivity contribution in [2.45, 2.75) is 25.6 Å². The van der Waals surface area contributed by atoms with E-state index in [2.05, 4.69) is 0 Å². The summed E-state index contributed by atoms with van der Waals surface area (Å²) in [4.78, 5) is 11.3. The van der Waals surface area contributed by atoms with Crippen molar-refractivity contribution in [1.82, 2.24) is 0 Å². The molecule has 0 aromatic heterocycles. The van der Waals surface area contributed by atoms with Crippen LogP contribution in [0.2, 0.25) is 5.82 Å². The largest absolute Gasteiger partial charge is 0.542 e. The van der Waals surface area contributed by atoms with Crippen LogP contribution in [0, 0.1) is 17.8 Å². The van der Waals surface area contributed by atoms with Crippen LogP contribution in [0.1, 0.15) is 19.8 Å². The summed E-state index contributed by atoms with van der Waals surface area (Å²) in [5, 5.41) is 0. The van der Waals surface area contributed by atoms with E-state index in [1.165, 1.54) is 0 Å². The molecule has 2 fully saturated rings. The first-order chi connectivity index (χ1) is 6.66. The highest BCUT2D eigenvalue weighted by molar-refractivity contribution is 6.47. The van der Waals surface area contributed by atoms with Crippen molar-refractivity contribution in [1.29, 1.82) is 0 Å². The summed E-state index contributed by atoms with van der Waals surface area (Å²) in [5.74, 6) is -1.38. The van der Waals surface area contributed by atoms with Gasteiger partial charge in [0.15, 0.2) is 0 Å².